The van der Waals surface area contributed by atoms with Crippen LogP contribution >= 0.6 is 0 Å². The van der Waals surface area contributed by atoms with Crippen molar-refractivity contribution in [2.45, 2.75) is 45.2 Å². The van der Waals surface area contributed by atoms with Gasteiger partial charge in [-0.05, 0) is 40.7 Å². The van der Waals surface area contributed by atoms with Crippen LogP contribution in [-0.4, -0.2) is 17.1 Å². The van der Waals surface area contributed by atoms with Crippen molar-refractivity contribution in [2.75, 3.05) is 0 Å². The van der Waals surface area contributed by atoms with Crippen molar-refractivity contribution in [3.63, 3.8) is 0 Å². The van der Waals surface area contributed by atoms with Crippen LogP contribution < -0.4 is 5.32 Å². The first-order chi connectivity index (χ1) is 11.3. The number of carboxylic acid groups (broad SMARTS) is 1. The van der Waals surface area contributed by atoms with E-state index in [9.17, 15) is 14.3 Å². The molecule has 1 atom stereocenters. The highest BCUT2D eigenvalue weighted by atomic mass is 19.1. The Morgan fingerprint density at radius 3 is 2.08 bits per heavy atom. The van der Waals surface area contributed by atoms with E-state index in [0.717, 1.165) is 11.1 Å². The Hall–Kier alpha value is -2.20. The number of halogens is 1. The molecule has 0 heterocycles. The van der Waals surface area contributed by atoms with Gasteiger partial charge in [0.15, 0.2) is 0 Å². The summed E-state index contributed by atoms with van der Waals surface area (Å²) in [5.41, 5.74) is 3.16. The van der Waals surface area contributed by atoms with Crippen molar-refractivity contribution in [1.82, 2.24) is 5.32 Å². The largest absolute Gasteiger partial charge is 0.480 e. The Kier molecular flexibility index (Phi) is 5.73. The molecule has 2 aromatic rings. The summed E-state index contributed by atoms with van der Waals surface area (Å²) in [7, 11) is 0. The van der Waals surface area contributed by atoms with Gasteiger partial charge in [-0.15, -0.1) is 0 Å². The highest BCUT2D eigenvalue weighted by Crippen LogP contribution is 2.22. The minimum atomic E-state index is -0.911. The maximum atomic E-state index is 12.9. The van der Waals surface area contributed by atoms with Crippen LogP contribution in [0, 0.1) is 5.82 Å². The second kappa shape index (κ2) is 7.58. The highest BCUT2D eigenvalue weighted by Gasteiger charge is 2.18. The van der Waals surface area contributed by atoms with Crippen LogP contribution in [0.15, 0.2) is 48.5 Å². The van der Waals surface area contributed by atoms with Gasteiger partial charge in [0.25, 0.3) is 0 Å². The summed E-state index contributed by atoms with van der Waals surface area (Å²) in [6.07, 6.45) is 0.315. The van der Waals surface area contributed by atoms with Crippen molar-refractivity contribution in [3.8, 4) is 0 Å². The zero-order valence-corrected chi connectivity index (χ0v) is 14.3. The van der Waals surface area contributed by atoms with Crippen LogP contribution in [0.2, 0.25) is 0 Å². The number of carbonyl (C=O) groups is 1. The number of nitrogens with one attached hydrogen (secondary N) is 1. The van der Waals surface area contributed by atoms with Crippen molar-refractivity contribution in [2.24, 2.45) is 0 Å². The van der Waals surface area contributed by atoms with Gasteiger partial charge in [-0.3, -0.25) is 4.79 Å². The quantitative estimate of drug-likeness (QED) is 0.845. The Morgan fingerprint density at radius 2 is 1.58 bits per heavy atom. The van der Waals surface area contributed by atoms with Gasteiger partial charge in [0.2, 0.25) is 0 Å². The molecule has 4 heteroatoms. The number of rotatable bonds is 6. The van der Waals surface area contributed by atoms with Crippen LogP contribution in [0.5, 0.6) is 0 Å². The van der Waals surface area contributed by atoms with Gasteiger partial charge in [-0.1, -0.05) is 57.2 Å². The number of carboxylic acids is 1. The molecule has 0 fully saturated rings. The summed E-state index contributed by atoms with van der Waals surface area (Å²) in [6, 6.07) is 13.4. The van der Waals surface area contributed by atoms with Crippen molar-refractivity contribution in [3.05, 3.63) is 71.0 Å². The fourth-order valence-electron chi connectivity index (χ4n) is 2.47. The van der Waals surface area contributed by atoms with E-state index in [4.69, 9.17) is 0 Å². The van der Waals surface area contributed by atoms with Crippen molar-refractivity contribution >= 4 is 5.97 Å². The number of hydrogen-bond donors (Lipinski definition) is 2. The van der Waals surface area contributed by atoms with E-state index >= 15 is 0 Å². The molecule has 3 nitrogen and oxygen atoms in total. The van der Waals surface area contributed by atoms with E-state index in [1.165, 1.54) is 17.7 Å². The molecule has 0 saturated heterocycles. The Bertz CT molecular complexity index is 672. The van der Waals surface area contributed by atoms with Gasteiger partial charge in [-0.25, -0.2) is 4.39 Å². The van der Waals surface area contributed by atoms with Crippen LogP contribution in [0.4, 0.5) is 4.39 Å². The lowest BCUT2D eigenvalue weighted by Gasteiger charge is -2.19. The lowest BCUT2D eigenvalue weighted by molar-refractivity contribution is -0.139. The van der Waals surface area contributed by atoms with Crippen LogP contribution in [0.25, 0.3) is 0 Å². The molecular formula is C20H24FNO2. The number of aliphatic carboxylic acids is 1. The Balaban J connectivity index is 1.98. The highest BCUT2D eigenvalue weighted by molar-refractivity contribution is 5.73. The number of hydrogen-bond acceptors (Lipinski definition) is 2. The molecule has 2 aromatic carbocycles. The minimum Gasteiger partial charge on any atom is -0.480 e. The summed E-state index contributed by atoms with van der Waals surface area (Å²) in [5.74, 6) is -1.23. The van der Waals surface area contributed by atoms with Crippen LogP contribution in [-0.2, 0) is 23.2 Å². The third-order valence-electron chi connectivity index (χ3n) is 4.02. The summed E-state index contributed by atoms with van der Waals surface area (Å²) in [4.78, 5) is 11.4. The molecule has 0 aliphatic heterocycles. The summed E-state index contributed by atoms with van der Waals surface area (Å²) in [5, 5.41) is 12.4. The molecule has 0 radical (unpaired) electrons. The van der Waals surface area contributed by atoms with E-state index in [1.54, 1.807) is 12.1 Å². The molecular weight excluding hydrogens is 305 g/mol. The van der Waals surface area contributed by atoms with Crippen molar-refractivity contribution in [1.29, 1.82) is 0 Å². The molecule has 128 valence electrons. The summed E-state index contributed by atoms with van der Waals surface area (Å²) < 4.78 is 12.9. The zero-order chi connectivity index (χ0) is 17.7. The second-order valence-electron chi connectivity index (χ2n) is 7.05. The average Bonchev–Trinajstić information content (AvgIpc) is 2.52. The van der Waals surface area contributed by atoms with E-state index in [1.807, 2.05) is 12.1 Å². The first-order valence-electron chi connectivity index (χ1n) is 8.06. The molecule has 0 aromatic heterocycles. The lowest BCUT2D eigenvalue weighted by Crippen LogP contribution is -2.38. The fourth-order valence-corrected chi connectivity index (χ4v) is 2.47. The average molecular weight is 329 g/mol. The van der Waals surface area contributed by atoms with Crippen LogP contribution in [0.3, 0.4) is 0 Å². The molecule has 0 aliphatic carbocycles. The summed E-state index contributed by atoms with van der Waals surface area (Å²) in [6.45, 7) is 6.94. The first kappa shape index (κ1) is 18.1. The molecule has 2 rings (SSSR count). The Labute approximate surface area is 142 Å². The maximum absolute atomic E-state index is 12.9. The smallest absolute Gasteiger partial charge is 0.321 e. The zero-order valence-electron chi connectivity index (χ0n) is 14.3. The number of benzene rings is 2. The molecule has 0 unspecified atom stereocenters. The molecule has 0 amide bonds. The molecule has 0 saturated carbocycles. The molecule has 2 N–H and O–H groups in total. The Morgan fingerprint density at radius 1 is 1.04 bits per heavy atom. The van der Waals surface area contributed by atoms with E-state index in [0.29, 0.717) is 13.0 Å². The van der Waals surface area contributed by atoms with Crippen LogP contribution in [0.1, 0.15) is 37.5 Å². The third kappa shape index (κ3) is 5.17. The standard InChI is InChI=1S/C20H24FNO2/c1-20(2,3)16-8-4-15(5-9-16)13-22-18(19(23)24)12-14-6-10-17(21)11-7-14/h4-11,18,22H,12-13H2,1-3H3,(H,23,24)/t18-/m0/s1. The van der Waals surface area contributed by atoms with E-state index in [2.05, 4.69) is 38.2 Å². The fraction of sp³-hybridized carbons (Fsp3) is 0.350. The van der Waals surface area contributed by atoms with E-state index in [-0.39, 0.29) is 11.2 Å². The van der Waals surface area contributed by atoms with E-state index < -0.39 is 12.0 Å². The first-order valence-corrected chi connectivity index (χ1v) is 8.06. The lowest BCUT2D eigenvalue weighted by atomic mass is 9.87. The molecule has 0 bridgehead atoms. The second-order valence-corrected chi connectivity index (χ2v) is 7.05. The van der Waals surface area contributed by atoms with Crippen molar-refractivity contribution < 1.29 is 14.3 Å². The predicted octanol–water partition coefficient (Wildman–Crippen LogP) is 3.91. The van der Waals surface area contributed by atoms with Gasteiger partial charge in [0.1, 0.15) is 11.9 Å². The molecule has 0 aliphatic rings. The predicted molar refractivity (Wildman–Crippen MR) is 93.5 cm³/mol. The van der Waals surface area contributed by atoms with Gasteiger partial charge in [0.05, 0.1) is 0 Å². The summed E-state index contributed by atoms with van der Waals surface area (Å²) >= 11 is 0. The van der Waals surface area contributed by atoms with Gasteiger partial charge >= 0.3 is 5.97 Å². The van der Waals surface area contributed by atoms with Gasteiger partial charge in [-0.2, -0.15) is 0 Å². The molecule has 24 heavy (non-hydrogen) atoms. The third-order valence-corrected chi connectivity index (χ3v) is 4.02. The molecule has 0 spiro atoms. The van der Waals surface area contributed by atoms with Gasteiger partial charge < -0.3 is 10.4 Å². The van der Waals surface area contributed by atoms with Gasteiger partial charge in [0, 0.05) is 6.54 Å². The SMILES string of the molecule is CC(C)(C)c1ccc(CN[C@@H](Cc2ccc(F)cc2)C(=O)O)cc1. The minimum absolute atomic E-state index is 0.0954. The maximum Gasteiger partial charge on any atom is 0.321 e. The normalized spacial score (nSPS) is 12.8. The monoisotopic (exact) mass is 329 g/mol. The topological polar surface area (TPSA) is 49.3 Å².